The van der Waals surface area contributed by atoms with Crippen molar-refractivity contribution < 1.29 is 14.0 Å². The summed E-state index contributed by atoms with van der Waals surface area (Å²) in [6.45, 7) is 1.80. The van der Waals surface area contributed by atoms with Crippen LogP contribution in [0.25, 0.3) is 27.8 Å². The number of benzene rings is 3. The number of amides is 1. The maximum atomic E-state index is 14.8. The second-order valence-corrected chi connectivity index (χ2v) is 10.7. The molecule has 3 aromatic carbocycles. The molecule has 0 saturated heterocycles. The number of hydrogen-bond donors (Lipinski definition) is 0. The van der Waals surface area contributed by atoms with Crippen LogP contribution in [0.15, 0.2) is 60.8 Å². The van der Waals surface area contributed by atoms with E-state index in [1.807, 2.05) is 30.1 Å². The Morgan fingerprint density at radius 3 is 2.73 bits per heavy atom. The Kier molecular flexibility index (Phi) is 5.90. The molecule has 0 radical (unpaired) electrons. The second kappa shape index (κ2) is 9.25. The molecule has 6 heteroatoms. The number of aromatic nitrogens is 2. The first-order valence-electron chi connectivity index (χ1n) is 13.0. The molecule has 5 nitrogen and oxygen atoms in total. The minimum atomic E-state index is -0.430. The molecular weight excluding hydrogens is 465 g/mol. The van der Waals surface area contributed by atoms with E-state index in [1.165, 1.54) is 31.6 Å². The summed E-state index contributed by atoms with van der Waals surface area (Å²) in [6, 6.07) is 15.0. The van der Waals surface area contributed by atoms with Crippen molar-refractivity contribution in [1.82, 2.24) is 9.78 Å². The van der Waals surface area contributed by atoms with Crippen LogP contribution in [0.3, 0.4) is 0 Å². The lowest BCUT2D eigenvalue weighted by Gasteiger charge is -2.30. The molecule has 1 amide bonds. The maximum absolute atomic E-state index is 14.8. The van der Waals surface area contributed by atoms with Gasteiger partial charge in [0.2, 0.25) is 5.91 Å². The van der Waals surface area contributed by atoms with Crippen molar-refractivity contribution in [1.29, 1.82) is 0 Å². The Bertz CT molecular complexity index is 1570. The fourth-order valence-electron chi connectivity index (χ4n) is 6.40. The van der Waals surface area contributed by atoms with E-state index < -0.39 is 5.82 Å². The number of carbonyl (C=O) groups is 2. The van der Waals surface area contributed by atoms with E-state index >= 15 is 0 Å². The molecule has 2 bridgehead atoms. The first kappa shape index (κ1) is 23.6. The number of aryl methyl sites for hydroxylation is 1. The summed E-state index contributed by atoms with van der Waals surface area (Å²) in [5.74, 6) is 0.527. The molecule has 0 N–H and O–H groups in total. The number of fused-ring (bicyclic) bond motifs is 4. The second-order valence-electron chi connectivity index (χ2n) is 10.7. The van der Waals surface area contributed by atoms with Crippen LogP contribution in [0.5, 0.6) is 0 Å². The average Bonchev–Trinajstić information content (AvgIpc) is 3.61. The van der Waals surface area contributed by atoms with Crippen LogP contribution in [-0.2, 0) is 23.2 Å². The first-order chi connectivity index (χ1) is 17.9. The zero-order valence-corrected chi connectivity index (χ0v) is 21.2. The first-order valence-corrected chi connectivity index (χ1v) is 13.0. The summed E-state index contributed by atoms with van der Waals surface area (Å²) in [6.07, 6.45) is 9.21. The van der Waals surface area contributed by atoms with Crippen molar-refractivity contribution in [3.8, 4) is 0 Å². The largest absolute Gasteiger partial charge is 0.308 e. The molecule has 1 heterocycles. The smallest absolute Gasteiger partial charge is 0.230 e. The van der Waals surface area contributed by atoms with Gasteiger partial charge in [0, 0.05) is 24.0 Å². The fourth-order valence-corrected chi connectivity index (χ4v) is 6.40. The highest BCUT2D eigenvalue weighted by molar-refractivity contribution is 6.00. The lowest BCUT2D eigenvalue weighted by molar-refractivity contribution is -0.124. The van der Waals surface area contributed by atoms with Crippen molar-refractivity contribution in [2.45, 2.75) is 39.2 Å². The molecule has 188 valence electrons. The SMILES string of the molecule is CC(=O)/C=C/c1cc(F)cc(N(Cc2cccc3cc4cnn(C)c4cc23)C(=O)[C@@H]2C[C@@H]3CC[C@H]2C3)c1. The van der Waals surface area contributed by atoms with E-state index in [2.05, 4.69) is 23.3 Å². The van der Waals surface area contributed by atoms with Crippen molar-refractivity contribution in [2.75, 3.05) is 4.90 Å². The van der Waals surface area contributed by atoms with Crippen LogP contribution < -0.4 is 4.90 Å². The Morgan fingerprint density at radius 1 is 1.11 bits per heavy atom. The Balaban J connectivity index is 1.44. The van der Waals surface area contributed by atoms with E-state index in [0.29, 0.717) is 29.6 Å². The number of halogens is 1. The van der Waals surface area contributed by atoms with Gasteiger partial charge in [-0.3, -0.25) is 14.3 Å². The zero-order valence-electron chi connectivity index (χ0n) is 21.2. The van der Waals surface area contributed by atoms with E-state index in [-0.39, 0.29) is 17.6 Å². The molecule has 2 saturated carbocycles. The summed E-state index contributed by atoms with van der Waals surface area (Å²) in [5.41, 5.74) is 3.11. The third-order valence-electron chi connectivity index (χ3n) is 8.21. The highest BCUT2D eigenvalue weighted by Crippen LogP contribution is 2.49. The molecule has 37 heavy (non-hydrogen) atoms. The average molecular weight is 496 g/mol. The Morgan fingerprint density at radius 2 is 1.97 bits per heavy atom. The summed E-state index contributed by atoms with van der Waals surface area (Å²) in [4.78, 5) is 27.4. The van der Waals surface area contributed by atoms with Crippen LogP contribution in [-0.4, -0.2) is 21.5 Å². The molecule has 6 rings (SSSR count). The molecule has 4 aromatic rings. The van der Waals surface area contributed by atoms with Gasteiger partial charge in [-0.05, 0) is 96.3 Å². The third kappa shape index (κ3) is 4.45. The lowest BCUT2D eigenvalue weighted by Crippen LogP contribution is -2.38. The van der Waals surface area contributed by atoms with E-state index in [0.717, 1.165) is 46.5 Å². The quantitative estimate of drug-likeness (QED) is 0.289. The topological polar surface area (TPSA) is 55.2 Å². The van der Waals surface area contributed by atoms with Crippen LogP contribution in [0, 0.1) is 23.6 Å². The minimum Gasteiger partial charge on any atom is -0.308 e. The summed E-state index contributed by atoms with van der Waals surface area (Å²) in [5, 5.41) is 7.58. The molecule has 2 aliphatic carbocycles. The third-order valence-corrected chi connectivity index (χ3v) is 8.21. The van der Waals surface area contributed by atoms with Crippen molar-refractivity contribution in [3.63, 3.8) is 0 Å². The van der Waals surface area contributed by atoms with E-state index in [1.54, 1.807) is 17.0 Å². The van der Waals surface area contributed by atoms with Crippen molar-refractivity contribution in [3.05, 3.63) is 77.7 Å². The van der Waals surface area contributed by atoms with Gasteiger partial charge < -0.3 is 4.90 Å². The molecule has 2 aliphatic rings. The Hall–Kier alpha value is -3.80. The fraction of sp³-hybridized carbons (Fsp3) is 0.323. The van der Waals surface area contributed by atoms with Crippen LogP contribution in [0.2, 0.25) is 0 Å². The zero-order chi connectivity index (χ0) is 25.7. The van der Waals surface area contributed by atoms with Gasteiger partial charge in [0.25, 0.3) is 0 Å². The lowest BCUT2D eigenvalue weighted by atomic mass is 9.87. The van der Waals surface area contributed by atoms with Gasteiger partial charge in [-0.15, -0.1) is 0 Å². The van der Waals surface area contributed by atoms with Gasteiger partial charge in [-0.25, -0.2) is 4.39 Å². The number of rotatable bonds is 6. The number of hydrogen-bond acceptors (Lipinski definition) is 3. The van der Waals surface area contributed by atoms with Gasteiger partial charge in [0.1, 0.15) is 5.82 Å². The molecule has 1 aromatic heterocycles. The summed E-state index contributed by atoms with van der Waals surface area (Å²) in [7, 11) is 1.92. The summed E-state index contributed by atoms with van der Waals surface area (Å²) < 4.78 is 16.7. The molecule has 0 spiro atoms. The van der Waals surface area contributed by atoms with Crippen LogP contribution in [0.1, 0.15) is 43.7 Å². The predicted octanol–water partition coefficient (Wildman–Crippen LogP) is 6.44. The molecule has 0 aliphatic heterocycles. The predicted molar refractivity (Wildman–Crippen MR) is 144 cm³/mol. The van der Waals surface area contributed by atoms with Crippen LogP contribution >= 0.6 is 0 Å². The molecular formula is C31H30FN3O2. The highest BCUT2D eigenvalue weighted by Gasteiger charge is 2.44. The van der Waals surface area contributed by atoms with Gasteiger partial charge in [-0.1, -0.05) is 30.7 Å². The molecule has 2 fully saturated rings. The monoisotopic (exact) mass is 495 g/mol. The highest BCUT2D eigenvalue weighted by atomic mass is 19.1. The summed E-state index contributed by atoms with van der Waals surface area (Å²) >= 11 is 0. The van der Waals surface area contributed by atoms with Gasteiger partial charge in [0.15, 0.2) is 5.78 Å². The maximum Gasteiger partial charge on any atom is 0.230 e. The van der Waals surface area contributed by atoms with E-state index in [9.17, 15) is 14.0 Å². The number of nitrogens with zero attached hydrogens (tertiary/aromatic N) is 3. The van der Waals surface area contributed by atoms with Gasteiger partial charge in [-0.2, -0.15) is 5.10 Å². The van der Waals surface area contributed by atoms with Gasteiger partial charge >= 0.3 is 0 Å². The normalized spacial score (nSPS) is 20.9. The number of allylic oxidation sites excluding steroid dienone is 1. The number of anilines is 1. The number of ketones is 1. The standard InChI is InChI=1S/C31H30FN3O2/c1-19(36)6-7-21-11-26(32)15-27(12-21)35(31(37)29-13-20-8-9-23(29)10-20)18-24-5-3-4-22-14-25-17-33-34(2)30(25)16-28(22)24/h3-7,11-12,14-17,20,23,29H,8-10,13,18H2,1-2H3/b7-6+/t20-,23+,29-/m1/s1. The van der Waals surface area contributed by atoms with Crippen LogP contribution in [0.4, 0.5) is 10.1 Å². The minimum absolute atomic E-state index is 0.0306. The molecule has 3 atom stereocenters. The molecule has 0 unspecified atom stereocenters. The van der Waals surface area contributed by atoms with E-state index in [4.69, 9.17) is 0 Å². The van der Waals surface area contributed by atoms with Gasteiger partial charge in [0.05, 0.1) is 18.3 Å². The Labute approximate surface area is 215 Å². The van der Waals surface area contributed by atoms with Crippen molar-refractivity contribution >= 4 is 45.1 Å². The van der Waals surface area contributed by atoms with Crippen molar-refractivity contribution in [2.24, 2.45) is 24.8 Å². The number of carbonyl (C=O) groups excluding carboxylic acids is 2.